The molecule has 3 heteroatoms. The summed E-state index contributed by atoms with van der Waals surface area (Å²) < 4.78 is 4.73. The van der Waals surface area contributed by atoms with Gasteiger partial charge in [-0.05, 0) is 24.1 Å². The molecule has 0 aliphatic heterocycles. The summed E-state index contributed by atoms with van der Waals surface area (Å²) in [6.07, 6.45) is 4.33. The van der Waals surface area contributed by atoms with Crippen molar-refractivity contribution in [2.24, 2.45) is 0 Å². The molecule has 0 amide bonds. The lowest BCUT2D eigenvalue weighted by Gasteiger charge is -1.99. The van der Waals surface area contributed by atoms with E-state index in [0.29, 0.717) is 0 Å². The van der Waals surface area contributed by atoms with E-state index >= 15 is 0 Å². The zero-order chi connectivity index (χ0) is 13.4. The fourth-order valence-electron chi connectivity index (χ4n) is 1.36. The lowest BCUT2D eigenvalue weighted by atomic mass is 10.1. The molecule has 0 atom stereocenters. The van der Waals surface area contributed by atoms with Gasteiger partial charge in [0.1, 0.15) is 13.0 Å². The van der Waals surface area contributed by atoms with Crippen LogP contribution in [0.2, 0.25) is 0 Å². The van der Waals surface area contributed by atoms with Crippen LogP contribution >= 0.6 is 0 Å². The second-order valence-corrected chi connectivity index (χ2v) is 3.80. The van der Waals surface area contributed by atoms with Crippen molar-refractivity contribution in [1.29, 1.82) is 0 Å². The maximum Gasteiger partial charge on any atom is 0.313 e. The van der Waals surface area contributed by atoms with Crippen molar-refractivity contribution in [2.45, 2.75) is 13.3 Å². The molecule has 0 unspecified atom stereocenters. The summed E-state index contributed by atoms with van der Waals surface area (Å²) in [5, 5.41) is 0. The van der Waals surface area contributed by atoms with Crippen molar-refractivity contribution in [3.63, 3.8) is 0 Å². The van der Waals surface area contributed by atoms with Crippen LogP contribution < -0.4 is 0 Å². The average Bonchev–Trinajstić information content (AvgIpc) is 2.35. The van der Waals surface area contributed by atoms with Crippen LogP contribution in [-0.2, 0) is 14.3 Å². The van der Waals surface area contributed by atoms with Crippen LogP contribution in [-0.4, -0.2) is 18.4 Å². The summed E-state index contributed by atoms with van der Waals surface area (Å²) in [4.78, 5) is 22.7. The standard InChI is InChI=1S/C15H16O3/c1-3-10-18-15(17)11-14(16)9-8-13-7-5-4-6-12(13)2/h3-9H,1,10-11H2,2H3. The largest absolute Gasteiger partial charge is 0.461 e. The highest BCUT2D eigenvalue weighted by Gasteiger charge is 2.07. The summed E-state index contributed by atoms with van der Waals surface area (Å²) in [5.74, 6) is -0.804. The molecule has 1 rings (SSSR count). The van der Waals surface area contributed by atoms with Gasteiger partial charge in [-0.2, -0.15) is 0 Å². The van der Waals surface area contributed by atoms with E-state index in [1.54, 1.807) is 6.08 Å². The molecule has 0 saturated heterocycles. The third kappa shape index (κ3) is 4.78. The van der Waals surface area contributed by atoms with Crippen molar-refractivity contribution >= 4 is 17.8 Å². The first-order valence-corrected chi connectivity index (χ1v) is 5.66. The smallest absolute Gasteiger partial charge is 0.313 e. The topological polar surface area (TPSA) is 43.4 Å². The molecule has 94 valence electrons. The van der Waals surface area contributed by atoms with Gasteiger partial charge < -0.3 is 4.74 Å². The quantitative estimate of drug-likeness (QED) is 0.334. The second kappa shape index (κ2) is 7.22. The zero-order valence-electron chi connectivity index (χ0n) is 10.4. The number of carbonyl (C=O) groups excluding carboxylic acids is 2. The van der Waals surface area contributed by atoms with Crippen LogP contribution in [0.5, 0.6) is 0 Å². The van der Waals surface area contributed by atoms with Crippen molar-refractivity contribution in [2.75, 3.05) is 6.61 Å². The minimum absolute atomic E-state index is 0.133. The Morgan fingerprint density at radius 2 is 2.06 bits per heavy atom. The van der Waals surface area contributed by atoms with Crippen LogP contribution in [0, 0.1) is 6.92 Å². The number of ether oxygens (including phenoxy) is 1. The molecule has 0 aliphatic rings. The van der Waals surface area contributed by atoms with Crippen molar-refractivity contribution in [3.05, 3.63) is 54.1 Å². The van der Waals surface area contributed by atoms with Gasteiger partial charge in [0.15, 0.2) is 5.78 Å². The molecule has 1 aromatic carbocycles. The third-order valence-electron chi connectivity index (χ3n) is 2.32. The first kappa shape index (κ1) is 13.9. The molecule has 0 N–H and O–H groups in total. The van der Waals surface area contributed by atoms with Gasteiger partial charge in [-0.3, -0.25) is 9.59 Å². The van der Waals surface area contributed by atoms with E-state index in [1.165, 1.54) is 12.2 Å². The van der Waals surface area contributed by atoms with E-state index in [9.17, 15) is 9.59 Å². The fourth-order valence-corrected chi connectivity index (χ4v) is 1.36. The SMILES string of the molecule is C=CCOC(=O)CC(=O)C=Cc1ccccc1C. The fraction of sp³-hybridized carbons (Fsp3) is 0.200. The summed E-state index contributed by atoms with van der Waals surface area (Å²) in [5.41, 5.74) is 2.04. The van der Waals surface area contributed by atoms with Gasteiger partial charge >= 0.3 is 5.97 Å². The van der Waals surface area contributed by atoms with E-state index in [4.69, 9.17) is 4.74 Å². The Morgan fingerprint density at radius 3 is 2.72 bits per heavy atom. The number of carbonyl (C=O) groups is 2. The zero-order valence-corrected chi connectivity index (χ0v) is 10.4. The minimum Gasteiger partial charge on any atom is -0.461 e. The second-order valence-electron chi connectivity index (χ2n) is 3.80. The van der Waals surface area contributed by atoms with E-state index in [1.807, 2.05) is 31.2 Å². The number of allylic oxidation sites excluding steroid dienone is 1. The van der Waals surface area contributed by atoms with Crippen LogP contribution in [0.4, 0.5) is 0 Å². The highest BCUT2D eigenvalue weighted by molar-refractivity contribution is 6.04. The Balaban J connectivity index is 2.52. The Labute approximate surface area is 107 Å². The normalized spacial score (nSPS) is 10.3. The molecule has 0 radical (unpaired) electrons. The van der Waals surface area contributed by atoms with Crippen LogP contribution in [0.3, 0.4) is 0 Å². The Morgan fingerprint density at radius 1 is 1.33 bits per heavy atom. The van der Waals surface area contributed by atoms with Crippen molar-refractivity contribution < 1.29 is 14.3 Å². The maximum absolute atomic E-state index is 11.5. The van der Waals surface area contributed by atoms with Gasteiger partial charge in [0.05, 0.1) is 0 Å². The van der Waals surface area contributed by atoms with Crippen LogP contribution in [0.15, 0.2) is 43.0 Å². The van der Waals surface area contributed by atoms with Crippen molar-refractivity contribution in [3.8, 4) is 0 Å². The summed E-state index contributed by atoms with van der Waals surface area (Å²) in [6.45, 7) is 5.51. The molecule has 3 nitrogen and oxygen atoms in total. The first-order chi connectivity index (χ1) is 8.63. The molecule has 0 saturated carbocycles. The molecular weight excluding hydrogens is 228 g/mol. The number of ketones is 1. The maximum atomic E-state index is 11.5. The highest BCUT2D eigenvalue weighted by Crippen LogP contribution is 2.09. The van der Waals surface area contributed by atoms with Gasteiger partial charge in [-0.15, -0.1) is 0 Å². The number of aryl methyl sites for hydroxylation is 1. The predicted octanol–water partition coefficient (Wildman–Crippen LogP) is 2.70. The number of esters is 1. The highest BCUT2D eigenvalue weighted by atomic mass is 16.5. The molecule has 18 heavy (non-hydrogen) atoms. The summed E-state index contributed by atoms with van der Waals surface area (Å²) in [6, 6.07) is 7.70. The van der Waals surface area contributed by atoms with E-state index in [2.05, 4.69) is 6.58 Å². The number of hydrogen-bond donors (Lipinski definition) is 0. The van der Waals surface area contributed by atoms with Crippen molar-refractivity contribution in [1.82, 2.24) is 0 Å². The number of hydrogen-bond acceptors (Lipinski definition) is 3. The van der Waals surface area contributed by atoms with Gasteiger partial charge in [0, 0.05) is 0 Å². The molecule has 1 aromatic rings. The van der Waals surface area contributed by atoms with Gasteiger partial charge in [-0.25, -0.2) is 0 Å². The van der Waals surface area contributed by atoms with E-state index < -0.39 is 5.97 Å². The number of benzene rings is 1. The predicted molar refractivity (Wildman–Crippen MR) is 71.0 cm³/mol. The lowest BCUT2D eigenvalue weighted by molar-refractivity contribution is -0.144. The Hall–Kier alpha value is -2.16. The molecule has 0 heterocycles. The van der Waals surface area contributed by atoms with Gasteiger partial charge in [-0.1, -0.05) is 43.0 Å². The molecule has 0 fully saturated rings. The van der Waals surface area contributed by atoms with E-state index in [-0.39, 0.29) is 18.8 Å². The summed E-state index contributed by atoms with van der Waals surface area (Å²) >= 11 is 0. The molecular formula is C15H16O3. The molecule has 0 bridgehead atoms. The number of rotatable bonds is 6. The third-order valence-corrected chi connectivity index (χ3v) is 2.32. The lowest BCUT2D eigenvalue weighted by Crippen LogP contribution is -2.09. The molecule has 0 aliphatic carbocycles. The summed E-state index contributed by atoms with van der Waals surface area (Å²) in [7, 11) is 0. The monoisotopic (exact) mass is 244 g/mol. The molecule has 0 aromatic heterocycles. The minimum atomic E-state index is -0.533. The Bertz CT molecular complexity index is 472. The van der Waals surface area contributed by atoms with Gasteiger partial charge in [0.25, 0.3) is 0 Å². The van der Waals surface area contributed by atoms with Crippen LogP contribution in [0.1, 0.15) is 17.5 Å². The van der Waals surface area contributed by atoms with Crippen LogP contribution in [0.25, 0.3) is 6.08 Å². The Kier molecular flexibility index (Phi) is 5.58. The first-order valence-electron chi connectivity index (χ1n) is 5.66. The average molecular weight is 244 g/mol. The van der Waals surface area contributed by atoms with Gasteiger partial charge in [0.2, 0.25) is 0 Å². The van der Waals surface area contributed by atoms with E-state index in [0.717, 1.165) is 11.1 Å². The molecule has 0 spiro atoms.